The van der Waals surface area contributed by atoms with Crippen molar-refractivity contribution in [1.82, 2.24) is 0 Å². The number of fused-ring (bicyclic) bond motifs is 4. The van der Waals surface area contributed by atoms with E-state index in [1.165, 1.54) is 95.0 Å². The van der Waals surface area contributed by atoms with Crippen LogP contribution in [0.4, 0.5) is 51.2 Å². The summed E-state index contributed by atoms with van der Waals surface area (Å²) in [5.74, 6) is 0. The van der Waals surface area contributed by atoms with Gasteiger partial charge in [0.25, 0.3) is 6.71 Å². The Morgan fingerprint density at radius 2 is 0.741 bits per heavy atom. The van der Waals surface area contributed by atoms with Crippen LogP contribution in [0.5, 0.6) is 0 Å². The third-order valence-corrected chi connectivity index (χ3v) is 12.1. The van der Waals surface area contributed by atoms with Crippen molar-refractivity contribution < 1.29 is 0 Å². The van der Waals surface area contributed by atoms with E-state index in [4.69, 9.17) is 0 Å². The van der Waals surface area contributed by atoms with Crippen LogP contribution in [0.3, 0.4) is 0 Å². The summed E-state index contributed by atoms with van der Waals surface area (Å²) in [6, 6.07) is 50.2. The molecule has 4 heteroatoms. The lowest BCUT2D eigenvalue weighted by Crippen LogP contribution is -2.61. The zero-order valence-electron chi connectivity index (χ0n) is 32.6. The van der Waals surface area contributed by atoms with E-state index in [1.807, 2.05) is 0 Å². The van der Waals surface area contributed by atoms with E-state index in [0.29, 0.717) is 0 Å². The molecule has 0 amide bonds. The van der Waals surface area contributed by atoms with Crippen LogP contribution >= 0.6 is 0 Å². The van der Waals surface area contributed by atoms with Crippen LogP contribution in [-0.2, 0) is 0 Å². The van der Waals surface area contributed by atoms with E-state index >= 15 is 0 Å². The molecule has 9 rings (SSSR count). The number of hydrogen-bond donors (Lipinski definition) is 0. The largest absolute Gasteiger partial charge is 0.311 e. The second-order valence-electron chi connectivity index (χ2n) is 15.5. The maximum Gasteiger partial charge on any atom is 0.252 e. The van der Waals surface area contributed by atoms with E-state index in [2.05, 4.69) is 204 Å². The van der Waals surface area contributed by atoms with Crippen molar-refractivity contribution in [2.24, 2.45) is 0 Å². The molecule has 0 unspecified atom stereocenters. The normalized spacial score (nSPS) is 12.7. The summed E-state index contributed by atoms with van der Waals surface area (Å²) in [7, 11) is 0. The van der Waals surface area contributed by atoms with Gasteiger partial charge in [-0.1, -0.05) is 60.7 Å². The fourth-order valence-corrected chi connectivity index (χ4v) is 8.52. The average Bonchev–Trinajstić information content (AvgIpc) is 3.16. The maximum absolute atomic E-state index is 2.55. The first kappa shape index (κ1) is 33.8. The van der Waals surface area contributed by atoms with Gasteiger partial charge in [0, 0.05) is 45.5 Å². The number of anilines is 9. The first-order chi connectivity index (χ1) is 26.1. The predicted molar refractivity (Wildman–Crippen MR) is 233 cm³/mol. The molecular weight excluding hydrogens is 653 g/mol. The Balaban J connectivity index is 1.45. The van der Waals surface area contributed by atoms with Crippen molar-refractivity contribution >= 4 is 74.3 Å². The van der Waals surface area contributed by atoms with Crippen molar-refractivity contribution in [2.45, 2.75) is 55.4 Å². The summed E-state index contributed by atoms with van der Waals surface area (Å²) in [5, 5.41) is 0. The third-order valence-electron chi connectivity index (χ3n) is 12.1. The Hall–Kier alpha value is -6.00. The van der Waals surface area contributed by atoms with Gasteiger partial charge in [-0.15, -0.1) is 0 Å². The molecule has 2 heterocycles. The Labute approximate surface area is 321 Å². The molecule has 2 aliphatic rings. The second kappa shape index (κ2) is 12.8. The van der Waals surface area contributed by atoms with Crippen LogP contribution in [0, 0.1) is 55.4 Å². The number of nitrogens with zero attached hydrogens (tertiary/aromatic N) is 3. The molecule has 3 nitrogen and oxygen atoms in total. The molecule has 0 radical (unpaired) electrons. The molecule has 0 fully saturated rings. The van der Waals surface area contributed by atoms with E-state index in [-0.39, 0.29) is 6.71 Å². The SMILES string of the molecule is Cc1ccc(N2c3cc(C)c(C)cc3B3c4cc(C)c(C)cc4N(c4ccc(C)c(C)c4)c4cc(N(c5ccccc5)c5ccccc5)cc2c43)cc1C. The monoisotopic (exact) mass is 699 g/mol. The Bertz CT molecular complexity index is 2430. The number of rotatable bonds is 5. The van der Waals surface area contributed by atoms with Crippen LogP contribution in [0.25, 0.3) is 0 Å². The van der Waals surface area contributed by atoms with Crippen molar-refractivity contribution in [3.8, 4) is 0 Å². The number of hydrogen-bond acceptors (Lipinski definition) is 3. The van der Waals surface area contributed by atoms with Gasteiger partial charge in [-0.05, 0) is 189 Å². The standard InChI is InChI=1S/C50H46BN3/c1-31-19-21-41(23-33(31)3)53-46-27-37(7)35(5)25-44(46)51-45-26-36(6)38(8)28-47(45)54(42-22-20-32(2)34(4)24-42)49-30-43(29-48(53)50(49)51)52(39-15-11-9-12-16-39)40-17-13-10-14-18-40/h9-30H,1-8H3. The van der Waals surface area contributed by atoms with Gasteiger partial charge >= 0.3 is 0 Å². The number of para-hydroxylation sites is 2. The van der Waals surface area contributed by atoms with E-state index in [9.17, 15) is 0 Å². The molecule has 264 valence electrons. The van der Waals surface area contributed by atoms with E-state index in [0.717, 1.165) is 17.1 Å². The average molecular weight is 700 g/mol. The zero-order valence-corrected chi connectivity index (χ0v) is 32.6. The lowest BCUT2D eigenvalue weighted by molar-refractivity contribution is 1.20. The first-order valence-electron chi connectivity index (χ1n) is 19.1. The number of benzene rings is 7. The summed E-state index contributed by atoms with van der Waals surface area (Å²) < 4.78 is 0. The minimum Gasteiger partial charge on any atom is -0.311 e. The highest BCUT2D eigenvalue weighted by Crippen LogP contribution is 2.48. The minimum absolute atomic E-state index is 0.0557. The summed E-state index contributed by atoms with van der Waals surface area (Å²) in [5.41, 5.74) is 25.0. The molecule has 0 aromatic heterocycles. The first-order valence-corrected chi connectivity index (χ1v) is 19.1. The van der Waals surface area contributed by atoms with Crippen molar-refractivity contribution in [2.75, 3.05) is 14.7 Å². The lowest BCUT2D eigenvalue weighted by atomic mass is 9.33. The van der Waals surface area contributed by atoms with Gasteiger partial charge in [-0.3, -0.25) is 0 Å². The van der Waals surface area contributed by atoms with Gasteiger partial charge in [0.05, 0.1) is 5.69 Å². The van der Waals surface area contributed by atoms with Gasteiger partial charge in [-0.2, -0.15) is 0 Å². The molecule has 0 atom stereocenters. The lowest BCUT2D eigenvalue weighted by Gasteiger charge is -2.45. The smallest absolute Gasteiger partial charge is 0.252 e. The predicted octanol–water partition coefficient (Wildman–Crippen LogP) is 11.7. The Kier molecular flexibility index (Phi) is 8.04. The van der Waals surface area contributed by atoms with Gasteiger partial charge < -0.3 is 14.7 Å². The molecule has 0 spiro atoms. The summed E-state index contributed by atoms with van der Waals surface area (Å²) >= 11 is 0. The Morgan fingerprint density at radius 3 is 1.15 bits per heavy atom. The zero-order chi connectivity index (χ0) is 37.4. The molecule has 0 saturated heterocycles. The summed E-state index contributed by atoms with van der Waals surface area (Å²) in [6.07, 6.45) is 0. The van der Waals surface area contributed by atoms with Crippen LogP contribution in [0.2, 0.25) is 0 Å². The molecule has 0 saturated carbocycles. The summed E-state index contributed by atoms with van der Waals surface area (Å²) in [6.45, 7) is 18.0. The molecule has 7 aromatic carbocycles. The quantitative estimate of drug-likeness (QED) is 0.166. The topological polar surface area (TPSA) is 9.72 Å². The van der Waals surface area contributed by atoms with Crippen LogP contribution in [0.15, 0.2) is 133 Å². The highest BCUT2D eigenvalue weighted by Gasteiger charge is 2.44. The minimum atomic E-state index is 0.0557. The fourth-order valence-electron chi connectivity index (χ4n) is 8.52. The summed E-state index contributed by atoms with van der Waals surface area (Å²) in [4.78, 5) is 7.51. The molecule has 7 aromatic rings. The van der Waals surface area contributed by atoms with Gasteiger partial charge in [-0.25, -0.2) is 0 Å². The van der Waals surface area contributed by atoms with E-state index < -0.39 is 0 Å². The van der Waals surface area contributed by atoms with Crippen LogP contribution in [-0.4, -0.2) is 6.71 Å². The van der Waals surface area contributed by atoms with Gasteiger partial charge in [0.1, 0.15) is 0 Å². The molecule has 0 N–H and O–H groups in total. The van der Waals surface area contributed by atoms with E-state index in [1.54, 1.807) is 0 Å². The van der Waals surface area contributed by atoms with Crippen molar-refractivity contribution in [1.29, 1.82) is 0 Å². The van der Waals surface area contributed by atoms with Crippen LogP contribution < -0.4 is 31.1 Å². The third kappa shape index (κ3) is 5.35. The highest BCUT2D eigenvalue weighted by molar-refractivity contribution is 7.00. The Morgan fingerprint density at radius 1 is 0.352 bits per heavy atom. The van der Waals surface area contributed by atoms with Crippen molar-refractivity contribution in [3.63, 3.8) is 0 Å². The fraction of sp³-hybridized carbons (Fsp3) is 0.160. The molecule has 0 bridgehead atoms. The molecule has 0 aliphatic carbocycles. The second-order valence-corrected chi connectivity index (χ2v) is 15.5. The van der Waals surface area contributed by atoms with Crippen molar-refractivity contribution in [3.05, 3.63) is 178 Å². The number of aryl methyl sites for hydroxylation is 8. The maximum atomic E-state index is 2.55. The van der Waals surface area contributed by atoms with Gasteiger partial charge in [0.15, 0.2) is 0 Å². The molecule has 54 heavy (non-hydrogen) atoms. The molecule has 2 aliphatic heterocycles. The highest BCUT2D eigenvalue weighted by atomic mass is 15.2. The molecular formula is C50H46BN3. The van der Waals surface area contributed by atoms with Crippen LogP contribution in [0.1, 0.15) is 44.5 Å². The van der Waals surface area contributed by atoms with Gasteiger partial charge in [0.2, 0.25) is 0 Å².